The first kappa shape index (κ1) is 14.1. The van der Waals surface area contributed by atoms with E-state index in [-0.39, 0.29) is 0 Å². The first-order chi connectivity index (χ1) is 10.1. The average molecular weight is 289 g/mol. The Labute approximate surface area is 124 Å². The summed E-state index contributed by atoms with van der Waals surface area (Å²) in [6.07, 6.45) is 8.05. The van der Waals surface area contributed by atoms with E-state index in [9.17, 15) is 0 Å². The maximum Gasteiger partial charge on any atom is 0.320 e. The Morgan fingerprint density at radius 3 is 2.76 bits per heavy atom. The summed E-state index contributed by atoms with van der Waals surface area (Å²) in [4.78, 5) is 13.1. The second-order valence-electron chi connectivity index (χ2n) is 6.21. The molecule has 0 unspecified atom stereocenters. The number of hydrogen-bond donors (Lipinski definition) is 1. The lowest BCUT2D eigenvalue weighted by atomic mass is 9.95. The van der Waals surface area contributed by atoms with Gasteiger partial charge in [0.15, 0.2) is 17.0 Å². The highest BCUT2D eigenvalue weighted by molar-refractivity contribution is 5.82. The fourth-order valence-corrected chi connectivity index (χ4v) is 2.85. The number of nitrogen functional groups attached to an aromatic ring is 1. The van der Waals surface area contributed by atoms with Crippen LogP contribution in [-0.2, 0) is 0 Å². The molecule has 0 spiro atoms. The Hall–Kier alpha value is -1.85. The van der Waals surface area contributed by atoms with Gasteiger partial charge in [-0.05, 0) is 18.8 Å². The standard InChI is InChI=1S/C15H23N5O/c1-10(2)8-21-15-18-13(16)12-14(19-15)20(9-17-12)11-6-4-3-5-7-11/h9-11H,3-8H2,1-2H3,(H2,16,18,19). The van der Waals surface area contributed by atoms with Crippen molar-refractivity contribution in [2.24, 2.45) is 5.92 Å². The van der Waals surface area contributed by atoms with Gasteiger partial charge in [0.05, 0.1) is 12.9 Å². The van der Waals surface area contributed by atoms with Crippen molar-refractivity contribution in [2.45, 2.75) is 52.0 Å². The topological polar surface area (TPSA) is 78.9 Å². The molecule has 1 fully saturated rings. The van der Waals surface area contributed by atoms with Crippen LogP contribution >= 0.6 is 0 Å². The van der Waals surface area contributed by atoms with Gasteiger partial charge in [-0.2, -0.15) is 9.97 Å². The minimum atomic E-state index is 0.353. The molecule has 2 aromatic heterocycles. The first-order valence-corrected chi connectivity index (χ1v) is 7.78. The summed E-state index contributed by atoms with van der Waals surface area (Å²) in [7, 11) is 0. The van der Waals surface area contributed by atoms with Crippen LogP contribution in [0.2, 0.25) is 0 Å². The van der Waals surface area contributed by atoms with Crippen molar-refractivity contribution in [1.29, 1.82) is 0 Å². The summed E-state index contributed by atoms with van der Waals surface area (Å²) in [6, 6.07) is 0.822. The van der Waals surface area contributed by atoms with Crippen LogP contribution in [0.4, 0.5) is 5.82 Å². The zero-order chi connectivity index (χ0) is 14.8. The third kappa shape index (κ3) is 2.94. The van der Waals surface area contributed by atoms with Crippen LogP contribution in [0, 0.1) is 5.92 Å². The monoisotopic (exact) mass is 289 g/mol. The maximum atomic E-state index is 6.00. The number of hydrogen-bond acceptors (Lipinski definition) is 5. The van der Waals surface area contributed by atoms with Crippen LogP contribution in [-0.4, -0.2) is 26.1 Å². The molecule has 0 radical (unpaired) electrons. The zero-order valence-corrected chi connectivity index (χ0v) is 12.7. The van der Waals surface area contributed by atoms with Gasteiger partial charge in [-0.1, -0.05) is 33.1 Å². The summed E-state index contributed by atoms with van der Waals surface area (Å²) < 4.78 is 7.77. The number of nitrogens with zero attached hydrogens (tertiary/aromatic N) is 4. The largest absolute Gasteiger partial charge is 0.463 e. The molecular formula is C15H23N5O. The maximum absolute atomic E-state index is 6.00. The molecule has 0 saturated heterocycles. The van der Waals surface area contributed by atoms with Crippen molar-refractivity contribution >= 4 is 17.0 Å². The molecule has 0 aliphatic heterocycles. The molecule has 6 nitrogen and oxygen atoms in total. The summed E-state index contributed by atoms with van der Waals surface area (Å²) in [5, 5.41) is 0. The molecule has 21 heavy (non-hydrogen) atoms. The quantitative estimate of drug-likeness (QED) is 0.936. The predicted octanol–water partition coefficient (Wildman–Crippen LogP) is 2.95. The predicted molar refractivity (Wildman–Crippen MR) is 82.2 cm³/mol. The Kier molecular flexibility index (Phi) is 3.94. The van der Waals surface area contributed by atoms with Crippen LogP contribution in [0.1, 0.15) is 52.0 Å². The lowest BCUT2D eigenvalue weighted by molar-refractivity contribution is 0.251. The van der Waals surface area contributed by atoms with Crippen molar-refractivity contribution in [2.75, 3.05) is 12.3 Å². The van der Waals surface area contributed by atoms with E-state index in [0.717, 1.165) is 5.65 Å². The molecule has 1 aliphatic rings. The van der Waals surface area contributed by atoms with Gasteiger partial charge in [-0.25, -0.2) is 4.98 Å². The molecular weight excluding hydrogens is 266 g/mol. The van der Waals surface area contributed by atoms with Crippen molar-refractivity contribution in [1.82, 2.24) is 19.5 Å². The molecule has 114 valence electrons. The Morgan fingerprint density at radius 2 is 2.05 bits per heavy atom. The Bertz CT molecular complexity index is 616. The molecule has 0 aromatic carbocycles. The van der Waals surface area contributed by atoms with Crippen LogP contribution in [0.3, 0.4) is 0 Å². The van der Waals surface area contributed by atoms with Crippen molar-refractivity contribution in [3.63, 3.8) is 0 Å². The van der Waals surface area contributed by atoms with E-state index in [1.165, 1.54) is 32.1 Å². The van der Waals surface area contributed by atoms with Crippen molar-refractivity contribution < 1.29 is 4.74 Å². The Balaban J connectivity index is 1.94. The van der Waals surface area contributed by atoms with Gasteiger partial charge < -0.3 is 15.0 Å². The molecule has 2 N–H and O–H groups in total. The molecule has 2 heterocycles. The molecule has 0 atom stereocenters. The van der Waals surface area contributed by atoms with E-state index in [1.54, 1.807) is 0 Å². The SMILES string of the molecule is CC(C)COc1nc(N)c2ncn(C3CCCCC3)c2n1. The number of rotatable bonds is 4. The van der Waals surface area contributed by atoms with Gasteiger partial charge in [0, 0.05) is 6.04 Å². The highest BCUT2D eigenvalue weighted by Crippen LogP contribution is 2.31. The molecule has 2 aromatic rings. The third-order valence-corrected chi connectivity index (χ3v) is 3.94. The van der Waals surface area contributed by atoms with Gasteiger partial charge in [0.2, 0.25) is 0 Å². The van der Waals surface area contributed by atoms with Gasteiger partial charge in [0.25, 0.3) is 0 Å². The van der Waals surface area contributed by atoms with E-state index in [0.29, 0.717) is 35.9 Å². The van der Waals surface area contributed by atoms with Crippen LogP contribution < -0.4 is 10.5 Å². The first-order valence-electron chi connectivity index (χ1n) is 7.78. The number of aromatic nitrogens is 4. The number of fused-ring (bicyclic) bond motifs is 1. The lowest BCUT2D eigenvalue weighted by Crippen LogP contribution is -2.13. The molecule has 0 amide bonds. The van der Waals surface area contributed by atoms with Crippen LogP contribution in [0.5, 0.6) is 6.01 Å². The Morgan fingerprint density at radius 1 is 1.29 bits per heavy atom. The van der Waals surface area contributed by atoms with Crippen LogP contribution in [0.25, 0.3) is 11.2 Å². The van der Waals surface area contributed by atoms with E-state index >= 15 is 0 Å². The minimum absolute atomic E-state index is 0.353. The molecule has 3 rings (SSSR count). The summed E-state index contributed by atoms with van der Waals surface area (Å²) in [6.45, 7) is 4.77. The fraction of sp³-hybridized carbons (Fsp3) is 0.667. The number of ether oxygens (including phenoxy) is 1. The molecule has 1 aliphatic carbocycles. The number of anilines is 1. The third-order valence-electron chi connectivity index (χ3n) is 3.94. The van der Waals surface area contributed by atoms with E-state index in [4.69, 9.17) is 10.5 Å². The second-order valence-corrected chi connectivity index (χ2v) is 6.21. The van der Waals surface area contributed by atoms with Gasteiger partial charge in [0.1, 0.15) is 0 Å². The van der Waals surface area contributed by atoms with Gasteiger partial charge in [-0.3, -0.25) is 0 Å². The molecule has 1 saturated carbocycles. The molecule has 0 bridgehead atoms. The average Bonchev–Trinajstić information content (AvgIpc) is 2.90. The van der Waals surface area contributed by atoms with E-state index in [2.05, 4.69) is 33.4 Å². The minimum Gasteiger partial charge on any atom is -0.463 e. The molecule has 6 heteroatoms. The summed E-state index contributed by atoms with van der Waals surface area (Å²) >= 11 is 0. The summed E-state index contributed by atoms with van der Waals surface area (Å²) in [5.41, 5.74) is 7.48. The highest BCUT2D eigenvalue weighted by Gasteiger charge is 2.20. The number of imidazole rings is 1. The van der Waals surface area contributed by atoms with Crippen molar-refractivity contribution in [3.05, 3.63) is 6.33 Å². The van der Waals surface area contributed by atoms with Gasteiger partial charge in [-0.15, -0.1) is 0 Å². The van der Waals surface area contributed by atoms with E-state index < -0.39 is 0 Å². The van der Waals surface area contributed by atoms with Crippen molar-refractivity contribution in [3.8, 4) is 6.01 Å². The number of nitrogens with two attached hydrogens (primary N) is 1. The fourth-order valence-electron chi connectivity index (χ4n) is 2.85. The van der Waals surface area contributed by atoms with E-state index in [1.807, 2.05) is 6.33 Å². The zero-order valence-electron chi connectivity index (χ0n) is 12.7. The smallest absolute Gasteiger partial charge is 0.320 e. The highest BCUT2D eigenvalue weighted by atomic mass is 16.5. The van der Waals surface area contributed by atoms with Gasteiger partial charge >= 0.3 is 6.01 Å². The normalized spacial score (nSPS) is 16.7. The lowest BCUT2D eigenvalue weighted by Gasteiger charge is -2.23. The van der Waals surface area contributed by atoms with Crippen LogP contribution in [0.15, 0.2) is 6.33 Å². The summed E-state index contributed by atoms with van der Waals surface area (Å²) in [5.74, 6) is 0.821. The second kappa shape index (κ2) is 5.87.